The van der Waals surface area contributed by atoms with E-state index in [1.807, 2.05) is 24.3 Å². The van der Waals surface area contributed by atoms with E-state index < -0.39 is 0 Å². The van der Waals surface area contributed by atoms with E-state index in [4.69, 9.17) is 21.9 Å². The van der Waals surface area contributed by atoms with Gasteiger partial charge in [-0.25, -0.2) is 0 Å². The van der Waals surface area contributed by atoms with Crippen LogP contribution in [0.1, 0.15) is 42.5 Å². The summed E-state index contributed by atoms with van der Waals surface area (Å²) in [5.74, 6) is 1.79. The average molecular weight is 278 g/mol. The standard InChI is InChI=1S/C14H16ClN3O/c15-11-4-1-9(2-5-11)7-13-17-14(19-18-13)10-3-6-12(16)8-10/h1-2,4-5,10,12H,3,6-8,16H2/t10-,12+/m1/s1. The number of hydrogen-bond donors (Lipinski definition) is 1. The molecule has 100 valence electrons. The number of nitrogens with two attached hydrogens (primary N) is 1. The molecular formula is C14H16ClN3O. The molecule has 0 bridgehead atoms. The van der Waals surface area contributed by atoms with Crippen molar-refractivity contribution in [2.75, 3.05) is 0 Å². The zero-order chi connectivity index (χ0) is 13.2. The first-order valence-electron chi connectivity index (χ1n) is 6.53. The topological polar surface area (TPSA) is 64.9 Å². The van der Waals surface area contributed by atoms with Crippen molar-refractivity contribution >= 4 is 11.6 Å². The smallest absolute Gasteiger partial charge is 0.229 e. The summed E-state index contributed by atoms with van der Waals surface area (Å²) in [5, 5.41) is 4.78. The maximum Gasteiger partial charge on any atom is 0.229 e. The first kappa shape index (κ1) is 12.6. The van der Waals surface area contributed by atoms with E-state index in [-0.39, 0.29) is 6.04 Å². The predicted molar refractivity (Wildman–Crippen MR) is 73.1 cm³/mol. The highest BCUT2D eigenvalue weighted by Gasteiger charge is 2.27. The Morgan fingerprint density at radius 2 is 2.05 bits per heavy atom. The lowest BCUT2D eigenvalue weighted by atomic mass is 10.1. The second-order valence-corrected chi connectivity index (χ2v) is 5.56. The number of halogens is 1. The maximum atomic E-state index is 5.90. The van der Waals surface area contributed by atoms with Crippen LogP contribution in [0.4, 0.5) is 0 Å². The Morgan fingerprint density at radius 1 is 1.26 bits per heavy atom. The third-order valence-electron chi connectivity index (χ3n) is 3.58. The van der Waals surface area contributed by atoms with Gasteiger partial charge >= 0.3 is 0 Å². The summed E-state index contributed by atoms with van der Waals surface area (Å²) in [4.78, 5) is 4.48. The van der Waals surface area contributed by atoms with Gasteiger partial charge in [0.2, 0.25) is 5.89 Å². The van der Waals surface area contributed by atoms with E-state index in [0.717, 1.165) is 41.6 Å². The van der Waals surface area contributed by atoms with Crippen LogP contribution in [0, 0.1) is 0 Å². The van der Waals surface area contributed by atoms with E-state index in [9.17, 15) is 0 Å². The molecule has 0 amide bonds. The highest BCUT2D eigenvalue weighted by molar-refractivity contribution is 6.30. The Hall–Kier alpha value is -1.39. The molecule has 2 aromatic rings. The molecule has 19 heavy (non-hydrogen) atoms. The molecule has 0 unspecified atom stereocenters. The van der Waals surface area contributed by atoms with Crippen molar-refractivity contribution in [3.05, 3.63) is 46.6 Å². The van der Waals surface area contributed by atoms with Crippen LogP contribution in [0.3, 0.4) is 0 Å². The fourth-order valence-electron chi connectivity index (χ4n) is 2.53. The van der Waals surface area contributed by atoms with Crippen LogP contribution in [0.25, 0.3) is 0 Å². The van der Waals surface area contributed by atoms with E-state index in [1.54, 1.807) is 0 Å². The summed E-state index contributed by atoms with van der Waals surface area (Å²) < 4.78 is 5.35. The Bertz CT molecular complexity index is 552. The van der Waals surface area contributed by atoms with E-state index >= 15 is 0 Å². The molecule has 0 aliphatic heterocycles. The average Bonchev–Trinajstić information content (AvgIpc) is 3.01. The van der Waals surface area contributed by atoms with Crippen molar-refractivity contribution in [2.24, 2.45) is 5.73 Å². The molecule has 1 saturated carbocycles. The number of aromatic nitrogens is 2. The van der Waals surface area contributed by atoms with Crippen LogP contribution in [0.15, 0.2) is 28.8 Å². The van der Waals surface area contributed by atoms with Crippen LogP contribution < -0.4 is 5.73 Å². The second kappa shape index (κ2) is 5.31. The van der Waals surface area contributed by atoms with Crippen molar-refractivity contribution in [3.63, 3.8) is 0 Å². The Morgan fingerprint density at radius 3 is 2.74 bits per heavy atom. The molecule has 5 heteroatoms. The summed E-state index contributed by atoms with van der Waals surface area (Å²) >= 11 is 5.86. The van der Waals surface area contributed by atoms with Crippen molar-refractivity contribution in [2.45, 2.75) is 37.6 Å². The van der Waals surface area contributed by atoms with Crippen molar-refractivity contribution < 1.29 is 4.52 Å². The first-order chi connectivity index (χ1) is 9.20. The minimum absolute atomic E-state index is 0.275. The Kier molecular flexibility index (Phi) is 3.53. The predicted octanol–water partition coefficient (Wildman–Crippen LogP) is 2.91. The molecule has 1 aromatic heterocycles. The van der Waals surface area contributed by atoms with Gasteiger partial charge in [0.15, 0.2) is 5.82 Å². The fourth-order valence-corrected chi connectivity index (χ4v) is 2.66. The second-order valence-electron chi connectivity index (χ2n) is 5.12. The molecular weight excluding hydrogens is 262 g/mol. The lowest BCUT2D eigenvalue weighted by Gasteiger charge is -2.01. The van der Waals surface area contributed by atoms with Gasteiger partial charge < -0.3 is 10.3 Å². The lowest BCUT2D eigenvalue weighted by Crippen LogP contribution is -2.14. The zero-order valence-electron chi connectivity index (χ0n) is 10.6. The summed E-state index contributed by atoms with van der Waals surface area (Å²) in [6, 6.07) is 7.96. The Balaban J connectivity index is 1.69. The summed E-state index contributed by atoms with van der Waals surface area (Å²) in [6.45, 7) is 0. The fraction of sp³-hybridized carbons (Fsp3) is 0.429. The van der Waals surface area contributed by atoms with Gasteiger partial charge in [-0.3, -0.25) is 0 Å². The molecule has 2 atom stereocenters. The van der Waals surface area contributed by atoms with Gasteiger partial charge in [-0.15, -0.1) is 0 Å². The monoisotopic (exact) mass is 277 g/mol. The van der Waals surface area contributed by atoms with E-state index in [1.165, 1.54) is 0 Å². The van der Waals surface area contributed by atoms with E-state index in [0.29, 0.717) is 12.3 Å². The zero-order valence-corrected chi connectivity index (χ0v) is 11.3. The first-order valence-corrected chi connectivity index (χ1v) is 6.91. The largest absolute Gasteiger partial charge is 0.339 e. The molecule has 0 spiro atoms. The van der Waals surface area contributed by atoms with Gasteiger partial charge in [0.1, 0.15) is 0 Å². The maximum absolute atomic E-state index is 5.90. The van der Waals surface area contributed by atoms with Gasteiger partial charge in [0.25, 0.3) is 0 Å². The van der Waals surface area contributed by atoms with Crippen LogP contribution in [-0.4, -0.2) is 16.2 Å². The summed E-state index contributed by atoms with van der Waals surface area (Å²) in [5.41, 5.74) is 7.03. The molecule has 3 rings (SSSR count). The van der Waals surface area contributed by atoms with Gasteiger partial charge in [-0.05, 0) is 37.0 Å². The minimum Gasteiger partial charge on any atom is -0.339 e. The third-order valence-corrected chi connectivity index (χ3v) is 3.83. The van der Waals surface area contributed by atoms with Crippen LogP contribution >= 0.6 is 11.6 Å². The summed E-state index contributed by atoms with van der Waals surface area (Å²) in [6.07, 6.45) is 3.70. The number of nitrogens with zero attached hydrogens (tertiary/aromatic N) is 2. The number of hydrogen-bond acceptors (Lipinski definition) is 4. The summed E-state index contributed by atoms with van der Waals surface area (Å²) in [7, 11) is 0. The quantitative estimate of drug-likeness (QED) is 0.937. The normalized spacial score (nSPS) is 22.8. The third kappa shape index (κ3) is 2.96. The molecule has 1 aliphatic carbocycles. The van der Waals surface area contributed by atoms with Gasteiger partial charge in [-0.2, -0.15) is 4.98 Å². The molecule has 1 aliphatic rings. The number of benzene rings is 1. The van der Waals surface area contributed by atoms with Crippen LogP contribution in [0.5, 0.6) is 0 Å². The van der Waals surface area contributed by atoms with Crippen molar-refractivity contribution in [1.29, 1.82) is 0 Å². The Labute approximate surface area is 117 Å². The molecule has 0 saturated heterocycles. The van der Waals surface area contributed by atoms with Crippen LogP contribution in [0.2, 0.25) is 5.02 Å². The molecule has 1 heterocycles. The molecule has 0 radical (unpaired) electrons. The van der Waals surface area contributed by atoms with Gasteiger partial charge in [0, 0.05) is 23.4 Å². The highest BCUT2D eigenvalue weighted by Crippen LogP contribution is 2.32. The number of rotatable bonds is 3. The van der Waals surface area contributed by atoms with Crippen molar-refractivity contribution in [1.82, 2.24) is 10.1 Å². The lowest BCUT2D eigenvalue weighted by molar-refractivity contribution is 0.350. The minimum atomic E-state index is 0.275. The SMILES string of the molecule is N[C@H]1CC[C@@H](c2nc(Cc3ccc(Cl)cc3)no2)C1. The van der Waals surface area contributed by atoms with Crippen LogP contribution in [-0.2, 0) is 6.42 Å². The highest BCUT2D eigenvalue weighted by atomic mass is 35.5. The molecule has 2 N–H and O–H groups in total. The van der Waals surface area contributed by atoms with Gasteiger partial charge in [0.05, 0.1) is 0 Å². The van der Waals surface area contributed by atoms with Gasteiger partial charge in [-0.1, -0.05) is 28.9 Å². The molecule has 4 nitrogen and oxygen atoms in total. The van der Waals surface area contributed by atoms with Crippen molar-refractivity contribution in [3.8, 4) is 0 Å². The molecule has 1 fully saturated rings. The molecule has 1 aromatic carbocycles. The van der Waals surface area contributed by atoms with E-state index in [2.05, 4.69) is 10.1 Å².